The molecule has 0 unspecified atom stereocenters. The third kappa shape index (κ3) is 4.37. The van der Waals surface area contributed by atoms with Gasteiger partial charge in [0.25, 0.3) is 5.91 Å². The standard InChI is InChI=1S/C23H20N4O4/c1-14-18(25-23(31-14)15-8-4-3-5-9-15)13-21(28)26-27-22(29)19-12-20(30-2)16-10-6-7-11-17(16)24-19/h3-12H,13H2,1-2H3,(H,26,28)(H,27,29). The van der Waals surface area contributed by atoms with Gasteiger partial charge >= 0.3 is 0 Å². The molecular weight excluding hydrogens is 396 g/mol. The van der Waals surface area contributed by atoms with Crippen LogP contribution in [0.4, 0.5) is 0 Å². The SMILES string of the molecule is COc1cc(C(=O)NNC(=O)Cc2nc(-c3ccccc3)oc2C)nc2ccccc12. The van der Waals surface area contributed by atoms with Crippen LogP contribution in [0.25, 0.3) is 22.4 Å². The molecule has 0 saturated heterocycles. The Hall–Kier alpha value is -4.20. The van der Waals surface area contributed by atoms with Crippen LogP contribution >= 0.6 is 0 Å². The van der Waals surface area contributed by atoms with E-state index in [9.17, 15) is 9.59 Å². The number of aromatic nitrogens is 2. The van der Waals surface area contributed by atoms with Crippen LogP contribution in [0.2, 0.25) is 0 Å². The second-order valence-electron chi connectivity index (χ2n) is 6.79. The Morgan fingerprint density at radius 1 is 1.00 bits per heavy atom. The van der Waals surface area contributed by atoms with E-state index in [4.69, 9.17) is 9.15 Å². The normalized spacial score (nSPS) is 10.6. The smallest absolute Gasteiger partial charge is 0.288 e. The largest absolute Gasteiger partial charge is 0.496 e. The van der Waals surface area contributed by atoms with Gasteiger partial charge < -0.3 is 9.15 Å². The molecule has 0 spiro atoms. The predicted molar refractivity (Wildman–Crippen MR) is 114 cm³/mol. The van der Waals surface area contributed by atoms with Crippen LogP contribution in [0.1, 0.15) is 21.9 Å². The molecule has 31 heavy (non-hydrogen) atoms. The minimum atomic E-state index is -0.556. The lowest BCUT2D eigenvalue weighted by Gasteiger charge is -2.09. The quantitative estimate of drug-likeness (QED) is 0.484. The van der Waals surface area contributed by atoms with E-state index in [2.05, 4.69) is 20.8 Å². The van der Waals surface area contributed by atoms with Crippen molar-refractivity contribution in [3.63, 3.8) is 0 Å². The molecule has 0 fully saturated rings. The highest BCUT2D eigenvalue weighted by Crippen LogP contribution is 2.25. The lowest BCUT2D eigenvalue weighted by molar-refractivity contribution is -0.121. The molecule has 8 nitrogen and oxygen atoms in total. The number of hydrogen-bond donors (Lipinski definition) is 2. The molecule has 2 aromatic carbocycles. The second-order valence-corrected chi connectivity index (χ2v) is 6.79. The fraction of sp³-hybridized carbons (Fsp3) is 0.130. The number of oxazole rings is 1. The Balaban J connectivity index is 1.42. The van der Waals surface area contributed by atoms with Crippen molar-refractivity contribution in [1.29, 1.82) is 0 Å². The summed E-state index contributed by atoms with van der Waals surface area (Å²) in [6, 6.07) is 18.3. The third-order valence-corrected chi connectivity index (χ3v) is 4.69. The molecule has 8 heteroatoms. The average Bonchev–Trinajstić information content (AvgIpc) is 3.17. The zero-order chi connectivity index (χ0) is 21.8. The topological polar surface area (TPSA) is 106 Å². The monoisotopic (exact) mass is 416 g/mol. The molecule has 0 bridgehead atoms. The predicted octanol–water partition coefficient (Wildman–Crippen LogP) is 3.21. The summed E-state index contributed by atoms with van der Waals surface area (Å²) in [6.07, 6.45) is -0.0447. The molecule has 2 N–H and O–H groups in total. The summed E-state index contributed by atoms with van der Waals surface area (Å²) in [7, 11) is 1.52. The Morgan fingerprint density at radius 2 is 1.74 bits per heavy atom. The number of fused-ring (bicyclic) bond motifs is 1. The van der Waals surface area contributed by atoms with Gasteiger partial charge in [-0.1, -0.05) is 30.3 Å². The molecule has 0 atom stereocenters. The Bertz CT molecular complexity index is 1250. The number of para-hydroxylation sites is 1. The van der Waals surface area contributed by atoms with Gasteiger partial charge in [-0.3, -0.25) is 20.4 Å². The summed E-state index contributed by atoms with van der Waals surface area (Å²) >= 11 is 0. The molecule has 2 heterocycles. The number of methoxy groups -OCH3 is 1. The first-order valence-electron chi connectivity index (χ1n) is 9.60. The van der Waals surface area contributed by atoms with Crippen LogP contribution in [0.5, 0.6) is 5.75 Å². The van der Waals surface area contributed by atoms with Crippen LogP contribution < -0.4 is 15.6 Å². The van der Waals surface area contributed by atoms with E-state index < -0.39 is 11.8 Å². The number of hydrazine groups is 1. The third-order valence-electron chi connectivity index (χ3n) is 4.69. The molecule has 0 aliphatic carbocycles. The number of nitrogens with zero attached hydrogens (tertiary/aromatic N) is 2. The van der Waals surface area contributed by atoms with Crippen LogP contribution in [0.15, 0.2) is 65.1 Å². The first-order chi connectivity index (χ1) is 15.0. The number of hydrogen-bond acceptors (Lipinski definition) is 6. The number of carbonyl (C=O) groups is 2. The Labute approximate surface area is 178 Å². The minimum Gasteiger partial charge on any atom is -0.496 e. The fourth-order valence-electron chi connectivity index (χ4n) is 3.11. The first kappa shape index (κ1) is 20.1. The number of pyridine rings is 1. The van der Waals surface area contributed by atoms with E-state index in [0.717, 1.165) is 10.9 Å². The van der Waals surface area contributed by atoms with Gasteiger partial charge in [0.15, 0.2) is 0 Å². The number of benzene rings is 2. The maximum absolute atomic E-state index is 12.5. The van der Waals surface area contributed by atoms with Crippen molar-refractivity contribution in [2.75, 3.05) is 7.11 Å². The summed E-state index contributed by atoms with van der Waals surface area (Å²) in [4.78, 5) is 33.5. The lowest BCUT2D eigenvalue weighted by Crippen LogP contribution is -2.42. The summed E-state index contributed by atoms with van der Waals surface area (Å²) in [5.41, 5.74) is 6.83. The van der Waals surface area contributed by atoms with Crippen molar-refractivity contribution in [3.8, 4) is 17.2 Å². The summed E-state index contributed by atoms with van der Waals surface area (Å²) in [6.45, 7) is 1.74. The van der Waals surface area contributed by atoms with Gasteiger partial charge in [0.2, 0.25) is 11.8 Å². The maximum Gasteiger partial charge on any atom is 0.288 e. The number of amides is 2. The highest BCUT2D eigenvalue weighted by Gasteiger charge is 2.17. The van der Waals surface area contributed by atoms with Gasteiger partial charge in [-0.15, -0.1) is 0 Å². The molecule has 2 aromatic heterocycles. The Morgan fingerprint density at radius 3 is 2.52 bits per heavy atom. The molecule has 4 aromatic rings. The zero-order valence-electron chi connectivity index (χ0n) is 17.0. The van der Waals surface area contributed by atoms with Gasteiger partial charge in [0.1, 0.15) is 17.2 Å². The lowest BCUT2D eigenvalue weighted by atomic mass is 10.2. The minimum absolute atomic E-state index is 0.0447. The maximum atomic E-state index is 12.5. The second kappa shape index (κ2) is 8.66. The summed E-state index contributed by atoms with van der Waals surface area (Å²) in [5, 5.41) is 0.793. The van der Waals surface area contributed by atoms with Crippen LogP contribution in [0, 0.1) is 6.92 Å². The highest BCUT2D eigenvalue weighted by atomic mass is 16.5. The van der Waals surface area contributed by atoms with Gasteiger partial charge in [0, 0.05) is 17.0 Å². The number of ether oxygens (including phenoxy) is 1. The van der Waals surface area contributed by atoms with E-state index >= 15 is 0 Å². The number of carbonyl (C=O) groups excluding carboxylic acids is 2. The van der Waals surface area contributed by atoms with Crippen molar-refractivity contribution in [2.24, 2.45) is 0 Å². The van der Waals surface area contributed by atoms with Crippen molar-refractivity contribution in [3.05, 3.63) is 77.8 Å². The fourth-order valence-corrected chi connectivity index (χ4v) is 3.11. The Kier molecular flexibility index (Phi) is 5.61. The van der Waals surface area contributed by atoms with Crippen molar-refractivity contribution >= 4 is 22.7 Å². The van der Waals surface area contributed by atoms with Crippen molar-refractivity contribution in [2.45, 2.75) is 13.3 Å². The van der Waals surface area contributed by atoms with Crippen LogP contribution in [-0.4, -0.2) is 28.9 Å². The molecule has 156 valence electrons. The van der Waals surface area contributed by atoms with E-state index in [1.807, 2.05) is 48.5 Å². The number of nitrogens with one attached hydrogen (secondary N) is 2. The van der Waals surface area contributed by atoms with Crippen molar-refractivity contribution in [1.82, 2.24) is 20.8 Å². The molecular formula is C23H20N4O4. The average molecular weight is 416 g/mol. The van der Waals surface area contributed by atoms with Crippen LogP contribution in [-0.2, 0) is 11.2 Å². The molecule has 2 amide bonds. The van der Waals surface area contributed by atoms with Gasteiger partial charge in [-0.05, 0) is 31.2 Å². The van der Waals surface area contributed by atoms with E-state index in [1.54, 1.807) is 13.0 Å². The van der Waals surface area contributed by atoms with Gasteiger partial charge in [-0.2, -0.15) is 0 Å². The van der Waals surface area contributed by atoms with Gasteiger partial charge in [-0.25, -0.2) is 9.97 Å². The number of aryl methyl sites for hydroxylation is 1. The molecule has 4 rings (SSSR count). The molecule has 0 radical (unpaired) electrons. The highest BCUT2D eigenvalue weighted by molar-refractivity contribution is 5.97. The zero-order valence-corrected chi connectivity index (χ0v) is 17.0. The van der Waals surface area contributed by atoms with Crippen LogP contribution in [0.3, 0.4) is 0 Å². The molecule has 0 aliphatic rings. The summed E-state index contributed by atoms with van der Waals surface area (Å²) in [5.74, 6) is 0.517. The first-order valence-corrected chi connectivity index (χ1v) is 9.60. The van der Waals surface area contributed by atoms with Gasteiger partial charge in [0.05, 0.1) is 24.7 Å². The van der Waals surface area contributed by atoms with E-state index in [1.165, 1.54) is 13.2 Å². The van der Waals surface area contributed by atoms with Crippen molar-refractivity contribution < 1.29 is 18.7 Å². The number of rotatable bonds is 5. The van der Waals surface area contributed by atoms with E-state index in [0.29, 0.717) is 28.6 Å². The molecule has 0 saturated carbocycles. The molecule has 0 aliphatic heterocycles. The summed E-state index contributed by atoms with van der Waals surface area (Å²) < 4.78 is 11.0. The van der Waals surface area contributed by atoms with E-state index in [-0.39, 0.29) is 12.1 Å².